The number of nitrogens with zero attached hydrogens (tertiary/aromatic N) is 2. The normalized spacial score (nSPS) is 35.9. The largest absolute Gasteiger partial charge is 0.379 e. The van der Waals surface area contributed by atoms with Crippen LogP contribution in [0.2, 0.25) is 5.02 Å². The van der Waals surface area contributed by atoms with Gasteiger partial charge in [0.1, 0.15) is 11.6 Å². The summed E-state index contributed by atoms with van der Waals surface area (Å²) in [5.41, 5.74) is 0.314. The summed E-state index contributed by atoms with van der Waals surface area (Å²) in [6.45, 7) is 10.7. The zero-order valence-electron chi connectivity index (χ0n) is 24.8. The average molecular weight is 599 g/mol. The Morgan fingerprint density at radius 3 is 2.67 bits per heavy atom. The van der Waals surface area contributed by atoms with Crippen LogP contribution in [-0.4, -0.2) is 90.7 Å². The molecule has 6 rings (SSSR count). The second-order valence-corrected chi connectivity index (χ2v) is 13.3. The number of ether oxygens (including phenoxy) is 2. The minimum Gasteiger partial charge on any atom is -0.379 e. The van der Waals surface area contributed by atoms with Gasteiger partial charge in [-0.15, -0.1) is 0 Å². The number of benzene rings is 1. The number of nitrogens with one attached hydrogen (secondary N) is 2. The molecule has 0 unspecified atom stereocenters. The smallest absolute Gasteiger partial charge is 0.246 e. The Labute approximate surface area is 253 Å². The van der Waals surface area contributed by atoms with Crippen LogP contribution in [0.5, 0.6) is 0 Å². The number of carbonyl (C=O) groups excluding carboxylic acids is 3. The molecule has 10 heteroatoms. The molecular weight excluding hydrogens is 556 g/mol. The van der Waals surface area contributed by atoms with Crippen molar-refractivity contribution in [3.63, 3.8) is 0 Å². The molecule has 1 aromatic rings. The quantitative estimate of drug-likeness (QED) is 0.445. The zero-order valence-corrected chi connectivity index (χ0v) is 25.6. The maximum atomic E-state index is 14.2. The van der Waals surface area contributed by atoms with Gasteiger partial charge in [0.2, 0.25) is 17.7 Å². The Morgan fingerprint density at radius 1 is 1.12 bits per heavy atom. The molecule has 1 aliphatic carbocycles. The van der Waals surface area contributed by atoms with Crippen LogP contribution in [0.3, 0.4) is 0 Å². The zero-order chi connectivity index (χ0) is 29.6. The van der Waals surface area contributed by atoms with Crippen LogP contribution in [0.4, 0.5) is 5.69 Å². The van der Waals surface area contributed by atoms with Gasteiger partial charge in [-0.2, -0.15) is 0 Å². The molecule has 3 saturated heterocycles. The second-order valence-electron chi connectivity index (χ2n) is 12.9. The number of morpholine rings is 1. The Kier molecular flexibility index (Phi) is 8.39. The monoisotopic (exact) mass is 598 g/mol. The molecule has 1 aromatic carbocycles. The summed E-state index contributed by atoms with van der Waals surface area (Å²) in [7, 11) is 0. The molecule has 42 heavy (non-hydrogen) atoms. The molecule has 2 N–H and O–H groups in total. The third-order valence-electron chi connectivity index (χ3n) is 10.4. The summed E-state index contributed by atoms with van der Waals surface area (Å²) in [6.07, 6.45) is 7.05. The Bertz CT molecular complexity index is 1250. The van der Waals surface area contributed by atoms with Crippen LogP contribution >= 0.6 is 11.6 Å². The Balaban J connectivity index is 1.25. The fourth-order valence-corrected chi connectivity index (χ4v) is 7.92. The fourth-order valence-electron chi connectivity index (χ4n) is 7.74. The van der Waals surface area contributed by atoms with Gasteiger partial charge in [0.15, 0.2) is 0 Å². The van der Waals surface area contributed by atoms with E-state index in [0.717, 1.165) is 50.9 Å². The fraction of sp³-hybridized carbons (Fsp3) is 0.656. The lowest BCUT2D eigenvalue weighted by molar-refractivity contribution is -0.141. The van der Waals surface area contributed by atoms with Gasteiger partial charge in [0.05, 0.1) is 31.2 Å². The van der Waals surface area contributed by atoms with E-state index < -0.39 is 29.6 Å². The van der Waals surface area contributed by atoms with Crippen molar-refractivity contribution in [1.29, 1.82) is 0 Å². The number of amides is 3. The van der Waals surface area contributed by atoms with Gasteiger partial charge in [-0.1, -0.05) is 56.5 Å². The van der Waals surface area contributed by atoms with E-state index in [0.29, 0.717) is 42.3 Å². The minimum absolute atomic E-state index is 0.0509. The van der Waals surface area contributed by atoms with E-state index in [-0.39, 0.29) is 23.8 Å². The lowest BCUT2D eigenvalue weighted by Crippen LogP contribution is -2.58. The highest BCUT2D eigenvalue weighted by atomic mass is 35.5. The van der Waals surface area contributed by atoms with E-state index in [9.17, 15) is 14.4 Å². The highest BCUT2D eigenvalue weighted by Crippen LogP contribution is 2.55. The van der Waals surface area contributed by atoms with E-state index >= 15 is 0 Å². The first kappa shape index (κ1) is 29.6. The van der Waals surface area contributed by atoms with Gasteiger partial charge in [-0.05, 0) is 49.3 Å². The predicted molar refractivity (Wildman–Crippen MR) is 160 cm³/mol. The predicted octanol–water partition coefficient (Wildman–Crippen LogP) is 3.40. The molecule has 0 radical (unpaired) electrons. The first-order chi connectivity index (χ1) is 20.2. The highest BCUT2D eigenvalue weighted by Gasteiger charge is 2.72. The molecule has 3 amide bonds. The summed E-state index contributed by atoms with van der Waals surface area (Å²) in [5, 5.41) is 6.84. The summed E-state index contributed by atoms with van der Waals surface area (Å²) >= 11 is 6.31. The van der Waals surface area contributed by atoms with E-state index in [4.69, 9.17) is 21.1 Å². The van der Waals surface area contributed by atoms with Crippen molar-refractivity contribution < 1.29 is 23.9 Å². The van der Waals surface area contributed by atoms with Crippen LogP contribution in [0.1, 0.15) is 45.1 Å². The van der Waals surface area contributed by atoms with Gasteiger partial charge in [0.25, 0.3) is 0 Å². The molecule has 4 fully saturated rings. The first-order valence-electron chi connectivity index (χ1n) is 15.5. The number of likely N-dealkylation sites (tertiary alicyclic amines) is 1. The molecule has 5 aliphatic rings. The van der Waals surface area contributed by atoms with Crippen molar-refractivity contribution in [3.8, 4) is 0 Å². The van der Waals surface area contributed by atoms with Gasteiger partial charge in [-0.3, -0.25) is 19.3 Å². The third kappa shape index (κ3) is 5.27. The number of aryl methyl sites for hydroxylation is 1. The molecule has 9 nitrogen and oxygen atoms in total. The molecule has 4 heterocycles. The number of fused-ring (bicyclic) bond motifs is 1. The molecule has 1 saturated carbocycles. The van der Waals surface area contributed by atoms with Crippen LogP contribution in [0.15, 0.2) is 30.4 Å². The number of hydrogen-bond donors (Lipinski definition) is 2. The van der Waals surface area contributed by atoms with E-state index in [1.54, 1.807) is 17.0 Å². The van der Waals surface area contributed by atoms with Crippen molar-refractivity contribution in [3.05, 3.63) is 40.9 Å². The van der Waals surface area contributed by atoms with Gasteiger partial charge in [-0.25, -0.2) is 0 Å². The average Bonchev–Trinajstić information content (AvgIpc) is 3.61. The molecule has 2 bridgehead atoms. The molecule has 0 aromatic heterocycles. The molecule has 8 atom stereocenters. The second kappa shape index (κ2) is 11.9. The summed E-state index contributed by atoms with van der Waals surface area (Å²) in [6, 6.07) is 4.59. The van der Waals surface area contributed by atoms with E-state index in [1.165, 1.54) is 0 Å². The molecule has 4 aliphatic heterocycles. The Morgan fingerprint density at radius 2 is 1.90 bits per heavy atom. The standard InChI is InChI=1S/C32H43ClN4O5/c1-19-6-4-7-24(21(19)3)35-30(39)28-32-11-10-25(42-32)26(29(38)34-22-9-8-20(2)23(33)18-22)27(32)31(40)37(28)13-5-12-36-14-16-41-17-15-36/h8-11,18-19,21,24-28H,4-7,12-17H2,1-3H3,(H,34,38)(H,35,39)/t19-,21+,24+,25-,26+,27-,28-,32-/m0/s1. The third-order valence-corrected chi connectivity index (χ3v) is 10.8. The van der Waals surface area contributed by atoms with Gasteiger partial charge in [0, 0.05) is 42.9 Å². The number of hydrogen-bond acceptors (Lipinski definition) is 6. The SMILES string of the molecule is Cc1ccc(NC(=O)[C@@H]2[C@@H]3C=C[C@]4(O3)[C@@H]2C(=O)N(CCCN2CCOCC2)[C@H]4C(=O)N[C@@H]2CCC[C@H](C)[C@H]2C)cc1Cl. The maximum absolute atomic E-state index is 14.2. The van der Waals surface area contributed by atoms with Crippen molar-refractivity contribution in [2.75, 3.05) is 44.7 Å². The molecule has 1 spiro atoms. The Hall–Kier alpha value is -2.46. The van der Waals surface area contributed by atoms with E-state index in [1.807, 2.05) is 25.1 Å². The summed E-state index contributed by atoms with van der Waals surface area (Å²) in [4.78, 5) is 46.2. The van der Waals surface area contributed by atoms with Crippen molar-refractivity contribution >= 4 is 35.0 Å². The molecule has 228 valence electrons. The number of anilines is 1. The van der Waals surface area contributed by atoms with Gasteiger partial charge >= 0.3 is 0 Å². The van der Waals surface area contributed by atoms with Crippen LogP contribution in [-0.2, 0) is 23.9 Å². The highest BCUT2D eigenvalue weighted by molar-refractivity contribution is 6.31. The summed E-state index contributed by atoms with van der Waals surface area (Å²) in [5.74, 6) is -1.30. The van der Waals surface area contributed by atoms with Crippen molar-refractivity contribution in [1.82, 2.24) is 15.1 Å². The topological polar surface area (TPSA) is 100 Å². The van der Waals surface area contributed by atoms with Crippen LogP contribution < -0.4 is 10.6 Å². The van der Waals surface area contributed by atoms with Crippen LogP contribution in [0.25, 0.3) is 0 Å². The van der Waals surface area contributed by atoms with Crippen molar-refractivity contribution in [2.45, 2.75) is 70.2 Å². The number of carbonyl (C=O) groups is 3. The number of rotatable bonds is 8. The first-order valence-corrected chi connectivity index (χ1v) is 15.9. The van der Waals surface area contributed by atoms with Crippen LogP contribution in [0, 0.1) is 30.6 Å². The maximum Gasteiger partial charge on any atom is 0.246 e. The van der Waals surface area contributed by atoms with E-state index in [2.05, 4.69) is 29.4 Å². The number of halogens is 1. The van der Waals surface area contributed by atoms with Gasteiger partial charge < -0.3 is 25.0 Å². The lowest BCUT2D eigenvalue weighted by atomic mass is 9.73. The minimum atomic E-state index is -1.17. The molecular formula is C32H43ClN4O5. The lowest BCUT2D eigenvalue weighted by Gasteiger charge is -2.38. The van der Waals surface area contributed by atoms with Crippen molar-refractivity contribution in [2.24, 2.45) is 23.7 Å². The summed E-state index contributed by atoms with van der Waals surface area (Å²) < 4.78 is 12.0.